The molecule has 0 aliphatic carbocycles. The van der Waals surface area contributed by atoms with Crippen LogP contribution in [-0.2, 0) is 0 Å². The number of hydrogen-bond donors (Lipinski definition) is 0. The summed E-state index contributed by atoms with van der Waals surface area (Å²) in [7, 11) is 0. The quantitative estimate of drug-likeness (QED) is 0.656. The summed E-state index contributed by atoms with van der Waals surface area (Å²) in [6, 6.07) is 10.5. The van der Waals surface area contributed by atoms with Crippen molar-refractivity contribution in [1.29, 1.82) is 5.26 Å². The first kappa shape index (κ1) is 15.7. The van der Waals surface area contributed by atoms with Gasteiger partial charge in [0.05, 0.1) is 16.7 Å². The number of rotatable bonds is 5. The van der Waals surface area contributed by atoms with Crippen LogP contribution in [0.5, 0.6) is 5.75 Å². The van der Waals surface area contributed by atoms with E-state index in [4.69, 9.17) is 26.1 Å². The van der Waals surface area contributed by atoms with Gasteiger partial charge >= 0.3 is 0 Å². The fourth-order valence-electron chi connectivity index (χ4n) is 1.98. The van der Waals surface area contributed by atoms with Gasteiger partial charge in [-0.05, 0) is 30.3 Å². The normalized spacial score (nSPS) is 10.2. The van der Waals surface area contributed by atoms with E-state index in [1.165, 1.54) is 6.20 Å². The zero-order chi connectivity index (χ0) is 16.9. The third-order valence-corrected chi connectivity index (χ3v) is 3.26. The SMILES string of the molecule is C=CCOc1cc(C#N)cc(-c2nc(-c3ccc(Cl)cn3)no2)c1. The van der Waals surface area contributed by atoms with Crippen molar-refractivity contribution in [3.05, 3.63) is 59.8 Å². The smallest absolute Gasteiger partial charge is 0.258 e. The first-order chi connectivity index (χ1) is 11.7. The lowest BCUT2D eigenvalue weighted by molar-refractivity contribution is 0.363. The van der Waals surface area contributed by atoms with Gasteiger partial charge in [0.1, 0.15) is 18.1 Å². The van der Waals surface area contributed by atoms with Crippen molar-refractivity contribution in [2.24, 2.45) is 0 Å². The van der Waals surface area contributed by atoms with E-state index in [0.29, 0.717) is 40.0 Å². The largest absolute Gasteiger partial charge is 0.489 e. The van der Waals surface area contributed by atoms with Gasteiger partial charge in [-0.15, -0.1) is 0 Å². The van der Waals surface area contributed by atoms with Crippen molar-refractivity contribution in [2.75, 3.05) is 6.61 Å². The molecule has 6 nitrogen and oxygen atoms in total. The first-order valence-electron chi connectivity index (χ1n) is 6.94. The van der Waals surface area contributed by atoms with Crippen LogP contribution in [-0.4, -0.2) is 21.7 Å². The van der Waals surface area contributed by atoms with Crippen molar-refractivity contribution >= 4 is 11.6 Å². The van der Waals surface area contributed by atoms with Crippen LogP contribution in [0.15, 0.2) is 53.7 Å². The number of nitriles is 1. The molecule has 0 amide bonds. The van der Waals surface area contributed by atoms with Crippen LogP contribution < -0.4 is 4.74 Å². The minimum atomic E-state index is 0.266. The van der Waals surface area contributed by atoms with Crippen LogP contribution in [0.2, 0.25) is 5.02 Å². The van der Waals surface area contributed by atoms with Crippen LogP contribution in [0.4, 0.5) is 0 Å². The van der Waals surface area contributed by atoms with Gasteiger partial charge in [0.15, 0.2) is 0 Å². The van der Waals surface area contributed by atoms with E-state index >= 15 is 0 Å². The molecule has 0 spiro atoms. The van der Waals surface area contributed by atoms with Gasteiger partial charge in [0.2, 0.25) is 5.82 Å². The minimum absolute atomic E-state index is 0.266. The summed E-state index contributed by atoms with van der Waals surface area (Å²) < 4.78 is 10.8. The standard InChI is InChI=1S/C17H11ClN4O2/c1-2-5-23-14-7-11(9-19)6-12(8-14)17-21-16(22-24-17)15-4-3-13(18)10-20-15/h2-4,6-8,10H,1,5H2. The number of nitrogens with zero attached hydrogens (tertiary/aromatic N) is 4. The second-order valence-electron chi connectivity index (χ2n) is 4.74. The zero-order valence-corrected chi connectivity index (χ0v) is 13.2. The van der Waals surface area contributed by atoms with Gasteiger partial charge in [-0.25, -0.2) is 0 Å². The van der Waals surface area contributed by atoms with E-state index in [0.717, 1.165) is 0 Å². The molecule has 0 bridgehead atoms. The van der Waals surface area contributed by atoms with E-state index in [1.54, 1.807) is 36.4 Å². The average molecular weight is 339 g/mol. The highest BCUT2D eigenvalue weighted by Gasteiger charge is 2.13. The fraction of sp³-hybridized carbons (Fsp3) is 0.0588. The van der Waals surface area contributed by atoms with Gasteiger partial charge in [0, 0.05) is 11.8 Å². The van der Waals surface area contributed by atoms with Crippen LogP contribution in [0.3, 0.4) is 0 Å². The molecule has 0 fully saturated rings. The summed E-state index contributed by atoms with van der Waals surface area (Å²) >= 11 is 5.81. The van der Waals surface area contributed by atoms with E-state index in [-0.39, 0.29) is 5.89 Å². The highest BCUT2D eigenvalue weighted by molar-refractivity contribution is 6.30. The molecule has 1 aromatic carbocycles. The lowest BCUT2D eigenvalue weighted by Gasteiger charge is -2.05. The van der Waals surface area contributed by atoms with Gasteiger partial charge in [-0.2, -0.15) is 10.2 Å². The lowest BCUT2D eigenvalue weighted by atomic mass is 10.1. The van der Waals surface area contributed by atoms with Crippen LogP contribution in [0.1, 0.15) is 5.56 Å². The molecule has 0 aliphatic rings. The Morgan fingerprint density at radius 1 is 1.33 bits per heavy atom. The third-order valence-electron chi connectivity index (χ3n) is 3.03. The Hall–Kier alpha value is -3.17. The highest BCUT2D eigenvalue weighted by atomic mass is 35.5. The topological polar surface area (TPSA) is 84.8 Å². The van der Waals surface area contributed by atoms with Crippen LogP contribution in [0, 0.1) is 11.3 Å². The summed E-state index contributed by atoms with van der Waals surface area (Å²) in [5.74, 6) is 1.12. The third kappa shape index (κ3) is 3.42. The van der Waals surface area contributed by atoms with E-state index < -0.39 is 0 Å². The maximum Gasteiger partial charge on any atom is 0.258 e. The van der Waals surface area contributed by atoms with Crippen molar-refractivity contribution < 1.29 is 9.26 Å². The molecule has 3 rings (SSSR count). The molecular formula is C17H11ClN4O2. The predicted molar refractivity (Wildman–Crippen MR) is 88.4 cm³/mol. The van der Waals surface area contributed by atoms with Crippen molar-refractivity contribution in [1.82, 2.24) is 15.1 Å². The predicted octanol–water partition coefficient (Wildman–Crippen LogP) is 3.89. The molecule has 2 aromatic heterocycles. The molecule has 0 unspecified atom stereocenters. The van der Waals surface area contributed by atoms with Gasteiger partial charge in [-0.3, -0.25) is 4.98 Å². The van der Waals surface area contributed by atoms with E-state index in [1.807, 2.05) is 0 Å². The number of aromatic nitrogens is 3. The number of pyridine rings is 1. The summed E-state index contributed by atoms with van der Waals surface area (Å²) in [5, 5.41) is 13.6. The number of benzene rings is 1. The Labute approximate surface area is 143 Å². The Kier molecular flexibility index (Phi) is 4.54. The Morgan fingerprint density at radius 2 is 2.21 bits per heavy atom. The second kappa shape index (κ2) is 6.94. The maximum absolute atomic E-state index is 9.15. The molecule has 2 heterocycles. The molecular weight excluding hydrogens is 328 g/mol. The monoisotopic (exact) mass is 338 g/mol. The molecule has 0 saturated carbocycles. The molecule has 3 aromatic rings. The second-order valence-corrected chi connectivity index (χ2v) is 5.18. The fourth-order valence-corrected chi connectivity index (χ4v) is 2.09. The molecule has 0 aliphatic heterocycles. The molecule has 0 radical (unpaired) electrons. The first-order valence-corrected chi connectivity index (χ1v) is 7.32. The van der Waals surface area contributed by atoms with E-state index in [9.17, 15) is 0 Å². The van der Waals surface area contributed by atoms with Crippen LogP contribution in [0.25, 0.3) is 23.0 Å². The average Bonchev–Trinajstić information content (AvgIpc) is 3.10. The molecule has 24 heavy (non-hydrogen) atoms. The van der Waals surface area contributed by atoms with Gasteiger partial charge < -0.3 is 9.26 Å². The summed E-state index contributed by atoms with van der Waals surface area (Å²) in [6.45, 7) is 3.93. The maximum atomic E-state index is 9.15. The van der Waals surface area contributed by atoms with Crippen molar-refractivity contribution in [2.45, 2.75) is 0 Å². The molecule has 118 valence electrons. The van der Waals surface area contributed by atoms with Gasteiger partial charge in [-0.1, -0.05) is 29.4 Å². The summed E-state index contributed by atoms with van der Waals surface area (Å²) in [6.07, 6.45) is 3.13. The Balaban J connectivity index is 1.95. The Bertz CT molecular complexity index is 913. The zero-order valence-electron chi connectivity index (χ0n) is 12.4. The molecule has 0 saturated heterocycles. The summed E-state index contributed by atoms with van der Waals surface area (Å²) in [5.41, 5.74) is 1.55. The van der Waals surface area contributed by atoms with Crippen LogP contribution >= 0.6 is 11.6 Å². The number of ether oxygens (including phenoxy) is 1. The molecule has 0 N–H and O–H groups in total. The van der Waals surface area contributed by atoms with Crippen molar-refractivity contribution in [3.8, 4) is 34.8 Å². The minimum Gasteiger partial charge on any atom is -0.489 e. The van der Waals surface area contributed by atoms with E-state index in [2.05, 4.69) is 27.8 Å². The Morgan fingerprint density at radius 3 is 2.92 bits per heavy atom. The van der Waals surface area contributed by atoms with Gasteiger partial charge in [0.25, 0.3) is 5.89 Å². The molecule has 7 heteroatoms. The summed E-state index contributed by atoms with van der Waals surface area (Å²) in [4.78, 5) is 8.45. The number of halogens is 1. The number of hydrogen-bond acceptors (Lipinski definition) is 6. The molecule has 0 atom stereocenters. The lowest BCUT2D eigenvalue weighted by Crippen LogP contribution is -1.94. The highest BCUT2D eigenvalue weighted by Crippen LogP contribution is 2.26. The van der Waals surface area contributed by atoms with Crippen molar-refractivity contribution in [3.63, 3.8) is 0 Å².